The number of ether oxygens (including phenoxy) is 1. The van der Waals surface area contributed by atoms with Gasteiger partial charge in [0.1, 0.15) is 17.4 Å². The van der Waals surface area contributed by atoms with Crippen molar-refractivity contribution in [3.05, 3.63) is 65.4 Å². The topological polar surface area (TPSA) is 26.5 Å². The Hall–Kier alpha value is -2.00. The Balaban J connectivity index is 1.96. The van der Waals surface area contributed by atoms with Gasteiger partial charge >= 0.3 is 0 Å². The minimum Gasteiger partial charge on any atom is -0.483 e. The number of aromatic nitrogens is 2. The molecule has 3 aromatic rings. The number of rotatable bonds is 5. The van der Waals surface area contributed by atoms with Gasteiger partial charge in [-0.25, -0.2) is 4.52 Å². The summed E-state index contributed by atoms with van der Waals surface area (Å²) in [5.41, 5.74) is 2.11. The maximum atomic E-state index is 6.25. The van der Waals surface area contributed by atoms with Crippen LogP contribution in [0.15, 0.2) is 54.9 Å². The average Bonchev–Trinajstić information content (AvgIpc) is 2.96. The molecule has 0 radical (unpaired) electrons. The van der Waals surface area contributed by atoms with Crippen LogP contribution in [-0.2, 0) is 0 Å². The summed E-state index contributed by atoms with van der Waals surface area (Å²) in [5, 5.41) is 4.83. The van der Waals surface area contributed by atoms with Crippen molar-refractivity contribution in [1.82, 2.24) is 9.61 Å². The van der Waals surface area contributed by atoms with Crippen molar-refractivity contribution in [1.29, 1.82) is 0 Å². The van der Waals surface area contributed by atoms with Crippen molar-refractivity contribution in [2.24, 2.45) is 0 Å². The number of hydrogen-bond donors (Lipinski definition) is 0. The van der Waals surface area contributed by atoms with Crippen LogP contribution in [0.3, 0.4) is 0 Å². The minimum absolute atomic E-state index is 0.0216. The van der Waals surface area contributed by atoms with E-state index in [1.807, 2.05) is 30.3 Å². The van der Waals surface area contributed by atoms with Gasteiger partial charge in [-0.05, 0) is 18.1 Å². The molecule has 1 atom stereocenters. The fourth-order valence-corrected chi connectivity index (χ4v) is 2.63. The number of pyridine rings is 1. The van der Waals surface area contributed by atoms with Crippen LogP contribution in [0, 0.1) is 0 Å². The first kappa shape index (κ1) is 14.0. The third-order valence-electron chi connectivity index (χ3n) is 3.43. The Kier molecular flexibility index (Phi) is 4.11. The SMILES string of the molecule is CCC[C@@H](Oc1cc(Cl)cn2nccc12)c1ccccc1. The molecule has 0 unspecified atom stereocenters. The summed E-state index contributed by atoms with van der Waals surface area (Å²) < 4.78 is 7.99. The van der Waals surface area contributed by atoms with Gasteiger partial charge in [0, 0.05) is 12.3 Å². The molecule has 108 valence electrons. The lowest BCUT2D eigenvalue weighted by Crippen LogP contribution is -2.08. The van der Waals surface area contributed by atoms with Crippen LogP contribution in [0.4, 0.5) is 0 Å². The van der Waals surface area contributed by atoms with Crippen LogP contribution in [-0.4, -0.2) is 9.61 Å². The Labute approximate surface area is 129 Å². The zero-order chi connectivity index (χ0) is 14.7. The zero-order valence-corrected chi connectivity index (χ0v) is 12.6. The second-order valence-corrected chi connectivity index (χ2v) is 5.43. The van der Waals surface area contributed by atoms with Gasteiger partial charge in [-0.1, -0.05) is 55.3 Å². The molecule has 2 aromatic heterocycles. The molecule has 0 fully saturated rings. The highest BCUT2D eigenvalue weighted by atomic mass is 35.5. The first-order valence-corrected chi connectivity index (χ1v) is 7.50. The van der Waals surface area contributed by atoms with Crippen LogP contribution in [0.1, 0.15) is 31.4 Å². The number of halogens is 1. The predicted molar refractivity (Wildman–Crippen MR) is 84.9 cm³/mol. The van der Waals surface area contributed by atoms with Crippen LogP contribution in [0.2, 0.25) is 5.02 Å². The standard InChI is InChI=1S/C17H17ClN2O/c1-2-6-16(13-7-4-3-5-8-13)21-17-11-14(18)12-20-15(17)9-10-19-20/h3-5,7-12,16H,2,6H2,1H3/t16-/m1/s1. The summed E-state index contributed by atoms with van der Waals surface area (Å²) in [6, 6.07) is 14.1. The van der Waals surface area contributed by atoms with Gasteiger partial charge in [-0.2, -0.15) is 5.10 Å². The third-order valence-corrected chi connectivity index (χ3v) is 3.64. The quantitative estimate of drug-likeness (QED) is 0.669. The molecule has 3 rings (SSSR count). The molecule has 0 saturated carbocycles. The predicted octanol–water partition coefficient (Wildman–Crippen LogP) is 4.91. The fourth-order valence-electron chi connectivity index (χ4n) is 2.44. The maximum absolute atomic E-state index is 6.25. The van der Waals surface area contributed by atoms with Gasteiger partial charge in [0.05, 0.1) is 11.2 Å². The molecule has 0 spiro atoms. The molecule has 4 heteroatoms. The van der Waals surface area contributed by atoms with E-state index in [2.05, 4.69) is 24.2 Å². The van der Waals surface area contributed by atoms with E-state index in [-0.39, 0.29) is 6.10 Å². The highest BCUT2D eigenvalue weighted by Crippen LogP contribution is 2.31. The van der Waals surface area contributed by atoms with Gasteiger partial charge in [0.2, 0.25) is 0 Å². The molecular formula is C17H17ClN2O. The lowest BCUT2D eigenvalue weighted by atomic mass is 10.1. The lowest BCUT2D eigenvalue weighted by Gasteiger charge is -2.20. The monoisotopic (exact) mass is 300 g/mol. The normalized spacial score (nSPS) is 12.5. The van der Waals surface area contributed by atoms with Crippen molar-refractivity contribution < 1.29 is 4.74 Å². The first-order chi connectivity index (χ1) is 10.3. The largest absolute Gasteiger partial charge is 0.483 e. The van der Waals surface area contributed by atoms with Gasteiger partial charge in [-0.3, -0.25) is 0 Å². The average molecular weight is 301 g/mol. The summed E-state index contributed by atoms with van der Waals surface area (Å²) in [4.78, 5) is 0. The van der Waals surface area contributed by atoms with Gasteiger partial charge in [-0.15, -0.1) is 0 Å². The Morgan fingerprint density at radius 3 is 2.81 bits per heavy atom. The Morgan fingerprint density at radius 2 is 2.05 bits per heavy atom. The molecule has 3 nitrogen and oxygen atoms in total. The van der Waals surface area contributed by atoms with E-state index < -0.39 is 0 Å². The first-order valence-electron chi connectivity index (χ1n) is 7.12. The second-order valence-electron chi connectivity index (χ2n) is 4.99. The molecule has 0 saturated heterocycles. The molecule has 0 aliphatic heterocycles. The molecule has 0 amide bonds. The van der Waals surface area contributed by atoms with E-state index in [0.29, 0.717) is 5.02 Å². The fraction of sp³-hybridized carbons (Fsp3) is 0.235. The van der Waals surface area contributed by atoms with E-state index in [1.165, 1.54) is 5.56 Å². The van der Waals surface area contributed by atoms with E-state index in [1.54, 1.807) is 16.9 Å². The number of benzene rings is 1. The van der Waals surface area contributed by atoms with Gasteiger partial charge in [0.15, 0.2) is 0 Å². The lowest BCUT2D eigenvalue weighted by molar-refractivity contribution is 0.195. The third kappa shape index (κ3) is 3.03. The maximum Gasteiger partial charge on any atom is 0.147 e. The highest BCUT2D eigenvalue weighted by molar-refractivity contribution is 6.30. The molecule has 21 heavy (non-hydrogen) atoms. The summed E-state index contributed by atoms with van der Waals surface area (Å²) in [6.45, 7) is 2.16. The van der Waals surface area contributed by atoms with Gasteiger partial charge in [0.25, 0.3) is 0 Å². The molecule has 0 aliphatic carbocycles. The highest BCUT2D eigenvalue weighted by Gasteiger charge is 2.15. The summed E-state index contributed by atoms with van der Waals surface area (Å²) in [6.07, 6.45) is 5.55. The Morgan fingerprint density at radius 1 is 1.24 bits per heavy atom. The van der Waals surface area contributed by atoms with Crippen molar-refractivity contribution in [3.63, 3.8) is 0 Å². The second kappa shape index (κ2) is 6.19. The van der Waals surface area contributed by atoms with Gasteiger partial charge < -0.3 is 4.74 Å². The van der Waals surface area contributed by atoms with E-state index in [4.69, 9.17) is 16.3 Å². The van der Waals surface area contributed by atoms with Crippen molar-refractivity contribution in [2.75, 3.05) is 0 Å². The summed E-state index contributed by atoms with van der Waals surface area (Å²) in [5.74, 6) is 0.766. The molecule has 1 aromatic carbocycles. The van der Waals surface area contributed by atoms with E-state index in [0.717, 1.165) is 24.1 Å². The molecule has 0 aliphatic rings. The molecule has 0 bridgehead atoms. The Bertz CT molecular complexity index is 724. The molecule has 0 N–H and O–H groups in total. The van der Waals surface area contributed by atoms with Crippen molar-refractivity contribution in [2.45, 2.75) is 25.9 Å². The number of fused-ring (bicyclic) bond motifs is 1. The zero-order valence-electron chi connectivity index (χ0n) is 11.9. The van der Waals surface area contributed by atoms with Crippen LogP contribution < -0.4 is 4.74 Å². The van der Waals surface area contributed by atoms with Crippen LogP contribution in [0.25, 0.3) is 5.52 Å². The van der Waals surface area contributed by atoms with Crippen LogP contribution >= 0.6 is 11.6 Å². The number of nitrogens with zero attached hydrogens (tertiary/aromatic N) is 2. The van der Waals surface area contributed by atoms with Crippen molar-refractivity contribution in [3.8, 4) is 5.75 Å². The summed E-state index contributed by atoms with van der Waals surface area (Å²) >= 11 is 6.15. The van der Waals surface area contributed by atoms with E-state index in [9.17, 15) is 0 Å². The summed E-state index contributed by atoms with van der Waals surface area (Å²) in [7, 11) is 0. The number of hydrogen-bond acceptors (Lipinski definition) is 2. The van der Waals surface area contributed by atoms with E-state index >= 15 is 0 Å². The van der Waals surface area contributed by atoms with Crippen molar-refractivity contribution >= 4 is 17.1 Å². The minimum atomic E-state index is 0.0216. The molecular weight excluding hydrogens is 284 g/mol. The smallest absolute Gasteiger partial charge is 0.147 e. The molecule has 2 heterocycles. The van der Waals surface area contributed by atoms with Crippen LogP contribution in [0.5, 0.6) is 5.75 Å².